The summed E-state index contributed by atoms with van der Waals surface area (Å²) in [5, 5.41) is 2.61. The molecule has 0 atom stereocenters. The van der Waals surface area contributed by atoms with Gasteiger partial charge < -0.3 is 10.1 Å². The minimum Gasteiger partial charge on any atom is -0.481 e. The van der Waals surface area contributed by atoms with Crippen LogP contribution in [0.25, 0.3) is 6.08 Å². The quantitative estimate of drug-likeness (QED) is 0.787. The molecular formula is C18H21F3N2O2. The van der Waals surface area contributed by atoms with E-state index in [1.165, 1.54) is 13.3 Å². The summed E-state index contributed by atoms with van der Waals surface area (Å²) in [6.45, 7) is 3.38. The lowest BCUT2D eigenvalue weighted by Crippen LogP contribution is -2.27. The molecular weight excluding hydrogens is 333 g/mol. The van der Waals surface area contributed by atoms with Gasteiger partial charge >= 0.3 is 6.18 Å². The maximum atomic E-state index is 12.7. The number of ether oxygens (including phenoxy) is 1. The van der Waals surface area contributed by atoms with Crippen LogP contribution in [0, 0.1) is 11.8 Å². The molecule has 4 nitrogen and oxygen atoms in total. The monoisotopic (exact) mass is 354 g/mol. The number of alkyl halides is 3. The molecule has 25 heavy (non-hydrogen) atoms. The third-order valence-corrected chi connectivity index (χ3v) is 4.31. The second kappa shape index (κ2) is 8.18. The van der Waals surface area contributed by atoms with Gasteiger partial charge in [-0.1, -0.05) is 18.7 Å². The molecule has 1 heterocycles. The van der Waals surface area contributed by atoms with E-state index in [4.69, 9.17) is 4.74 Å². The Morgan fingerprint density at radius 2 is 2.04 bits per heavy atom. The van der Waals surface area contributed by atoms with Crippen molar-refractivity contribution in [1.29, 1.82) is 0 Å². The minimum absolute atomic E-state index is 0.0923. The van der Waals surface area contributed by atoms with E-state index in [1.54, 1.807) is 12.1 Å². The molecule has 1 fully saturated rings. The Morgan fingerprint density at radius 1 is 1.36 bits per heavy atom. The van der Waals surface area contributed by atoms with Crippen molar-refractivity contribution in [1.82, 2.24) is 4.98 Å². The van der Waals surface area contributed by atoms with Gasteiger partial charge in [-0.3, -0.25) is 4.79 Å². The van der Waals surface area contributed by atoms with Gasteiger partial charge in [-0.15, -0.1) is 0 Å². The van der Waals surface area contributed by atoms with Crippen LogP contribution in [0.4, 0.5) is 18.9 Å². The first-order valence-corrected chi connectivity index (χ1v) is 8.06. The van der Waals surface area contributed by atoms with Crippen LogP contribution in [0.1, 0.15) is 31.2 Å². The highest BCUT2D eigenvalue weighted by Gasteiger charge is 2.40. The van der Waals surface area contributed by atoms with Crippen LogP contribution in [0.5, 0.6) is 5.88 Å². The van der Waals surface area contributed by atoms with Crippen LogP contribution in [0.2, 0.25) is 0 Å². The van der Waals surface area contributed by atoms with E-state index >= 15 is 0 Å². The average molecular weight is 354 g/mol. The first-order valence-electron chi connectivity index (χ1n) is 8.06. The predicted molar refractivity (Wildman–Crippen MR) is 90.2 cm³/mol. The Hall–Kier alpha value is -2.31. The number of nitrogens with zero attached hydrogens (tertiary/aromatic N) is 1. The summed E-state index contributed by atoms with van der Waals surface area (Å²) in [4.78, 5) is 15.5. The Balaban J connectivity index is 2.05. The molecule has 0 aliphatic heterocycles. The lowest BCUT2D eigenvalue weighted by Gasteiger charge is -2.28. The highest BCUT2D eigenvalue weighted by atomic mass is 19.4. The van der Waals surface area contributed by atoms with Crippen molar-refractivity contribution >= 4 is 17.7 Å². The number of halogens is 3. The van der Waals surface area contributed by atoms with Crippen molar-refractivity contribution in [2.45, 2.75) is 31.9 Å². The van der Waals surface area contributed by atoms with Crippen LogP contribution < -0.4 is 10.1 Å². The Morgan fingerprint density at radius 3 is 2.60 bits per heavy atom. The molecule has 1 saturated carbocycles. The van der Waals surface area contributed by atoms with Crippen LogP contribution >= 0.6 is 0 Å². The number of methoxy groups -OCH3 is 1. The summed E-state index contributed by atoms with van der Waals surface area (Å²) < 4.78 is 43.3. The molecule has 1 aromatic heterocycles. The Bertz CT molecular complexity index is 648. The molecule has 136 valence electrons. The van der Waals surface area contributed by atoms with Gasteiger partial charge in [0.1, 0.15) is 0 Å². The van der Waals surface area contributed by atoms with E-state index in [0.29, 0.717) is 30.0 Å². The van der Waals surface area contributed by atoms with Gasteiger partial charge in [0.05, 0.1) is 24.9 Å². The Labute approximate surface area is 144 Å². The highest BCUT2D eigenvalue weighted by Crippen LogP contribution is 2.40. The van der Waals surface area contributed by atoms with Crippen molar-refractivity contribution < 1.29 is 22.7 Å². The smallest absolute Gasteiger partial charge is 0.391 e. The molecule has 7 heteroatoms. The largest absolute Gasteiger partial charge is 0.481 e. The number of amides is 1. The summed E-state index contributed by atoms with van der Waals surface area (Å²) in [5.41, 5.74) is 1.15. The molecule has 1 aliphatic rings. The molecule has 1 aliphatic carbocycles. The zero-order valence-corrected chi connectivity index (χ0v) is 14.0. The number of aromatic nitrogens is 1. The van der Waals surface area contributed by atoms with Gasteiger partial charge in [-0.05, 0) is 43.7 Å². The van der Waals surface area contributed by atoms with Crippen molar-refractivity contribution in [3.63, 3.8) is 0 Å². The fraction of sp³-hybridized carbons (Fsp3) is 0.444. The summed E-state index contributed by atoms with van der Waals surface area (Å²) in [7, 11) is 1.48. The zero-order valence-electron chi connectivity index (χ0n) is 14.0. The average Bonchev–Trinajstić information content (AvgIpc) is 2.59. The summed E-state index contributed by atoms with van der Waals surface area (Å²) in [6, 6.07) is 1.70. The van der Waals surface area contributed by atoms with Crippen molar-refractivity contribution in [3.05, 3.63) is 36.6 Å². The standard InChI is InChI=1S/C18H21F3N2O2/c1-3-16(24)23-15-10-13(17(25-2)22-11-15)7-4-12-5-8-14(9-6-12)18(19,20)21/h3-4,7,10-12,14H,1,5-6,8-9H2,2H3,(H,23,24). The maximum Gasteiger partial charge on any atom is 0.391 e. The van der Waals surface area contributed by atoms with Gasteiger partial charge in [0, 0.05) is 5.56 Å². The van der Waals surface area contributed by atoms with Gasteiger partial charge in [0.2, 0.25) is 11.8 Å². The minimum atomic E-state index is -4.10. The van der Waals surface area contributed by atoms with E-state index in [9.17, 15) is 18.0 Å². The molecule has 0 bridgehead atoms. The molecule has 1 amide bonds. The number of hydrogen-bond acceptors (Lipinski definition) is 3. The third kappa shape index (κ3) is 5.34. The van der Waals surface area contributed by atoms with Gasteiger partial charge in [-0.2, -0.15) is 13.2 Å². The molecule has 0 aromatic carbocycles. The number of hydrogen-bond donors (Lipinski definition) is 1. The van der Waals surface area contributed by atoms with E-state index in [1.807, 2.05) is 6.08 Å². The number of pyridine rings is 1. The number of carbonyl (C=O) groups is 1. The molecule has 0 saturated heterocycles. The lowest BCUT2D eigenvalue weighted by atomic mass is 9.81. The number of carbonyl (C=O) groups excluding carboxylic acids is 1. The SMILES string of the molecule is C=CC(=O)Nc1cnc(OC)c(C=CC2CCC(C(F)(F)F)CC2)c1. The fourth-order valence-corrected chi connectivity index (χ4v) is 2.90. The summed E-state index contributed by atoms with van der Waals surface area (Å²) in [5.74, 6) is -1.07. The van der Waals surface area contributed by atoms with Crippen LogP contribution in [0.3, 0.4) is 0 Å². The molecule has 1 aromatic rings. The predicted octanol–water partition coefficient (Wildman–Crippen LogP) is 4.60. The number of rotatable bonds is 5. The van der Waals surface area contributed by atoms with Crippen LogP contribution in [-0.2, 0) is 4.79 Å². The fourth-order valence-electron chi connectivity index (χ4n) is 2.90. The summed E-state index contributed by atoms with van der Waals surface area (Å²) >= 11 is 0. The van der Waals surface area contributed by atoms with E-state index in [2.05, 4.69) is 16.9 Å². The highest BCUT2D eigenvalue weighted by molar-refractivity contribution is 5.98. The van der Waals surface area contributed by atoms with Gasteiger partial charge in [0.15, 0.2) is 0 Å². The van der Waals surface area contributed by atoms with E-state index in [-0.39, 0.29) is 24.7 Å². The van der Waals surface area contributed by atoms with Crippen molar-refractivity contribution in [3.8, 4) is 5.88 Å². The van der Waals surface area contributed by atoms with Gasteiger partial charge in [-0.25, -0.2) is 4.98 Å². The topological polar surface area (TPSA) is 51.2 Å². The van der Waals surface area contributed by atoms with Crippen molar-refractivity contribution in [2.75, 3.05) is 12.4 Å². The summed E-state index contributed by atoms with van der Waals surface area (Å²) in [6.07, 6.45) is 3.52. The molecule has 0 unspecified atom stereocenters. The number of allylic oxidation sites excluding steroid dienone is 1. The first-order chi connectivity index (χ1) is 11.8. The normalized spacial score (nSPS) is 21.1. The van der Waals surface area contributed by atoms with Crippen LogP contribution in [0.15, 0.2) is 31.0 Å². The Kier molecular flexibility index (Phi) is 6.22. The van der Waals surface area contributed by atoms with Crippen LogP contribution in [-0.4, -0.2) is 24.2 Å². The number of nitrogens with one attached hydrogen (secondary N) is 1. The van der Waals surface area contributed by atoms with Gasteiger partial charge in [0.25, 0.3) is 0 Å². The number of anilines is 1. The third-order valence-electron chi connectivity index (χ3n) is 4.31. The van der Waals surface area contributed by atoms with Crippen molar-refractivity contribution in [2.24, 2.45) is 11.8 Å². The molecule has 2 rings (SSSR count). The second-order valence-corrected chi connectivity index (χ2v) is 6.03. The van der Waals surface area contributed by atoms with E-state index < -0.39 is 12.1 Å². The lowest BCUT2D eigenvalue weighted by molar-refractivity contribution is -0.183. The second-order valence-electron chi connectivity index (χ2n) is 6.03. The molecule has 0 radical (unpaired) electrons. The maximum absolute atomic E-state index is 12.7. The molecule has 1 N–H and O–H groups in total. The molecule has 0 spiro atoms. The zero-order chi connectivity index (χ0) is 18.4. The van der Waals surface area contributed by atoms with E-state index in [0.717, 1.165) is 6.08 Å². The first kappa shape index (κ1) is 19.0.